The normalized spacial score (nSPS) is 9.12. The molecule has 1 N–H and O–H groups in total. The van der Waals surface area contributed by atoms with Gasteiger partial charge in [-0.05, 0) is 36.1 Å². The van der Waals surface area contributed by atoms with E-state index in [2.05, 4.69) is 6.92 Å². The molecule has 0 atom stereocenters. The van der Waals surface area contributed by atoms with Crippen LogP contribution in [0.3, 0.4) is 0 Å². The van der Waals surface area contributed by atoms with E-state index in [1.807, 2.05) is 12.1 Å². The molecule has 0 aliphatic carbocycles. The molecule has 0 aliphatic heterocycles. The maximum absolute atomic E-state index is 9.22. The third-order valence-electron chi connectivity index (χ3n) is 2.52. The summed E-state index contributed by atoms with van der Waals surface area (Å²) in [5.74, 6) is 0.180. The average molecular weight is 226 g/mol. The van der Waals surface area contributed by atoms with E-state index in [1.54, 1.807) is 24.3 Å². The number of phenolic OH excluding ortho intramolecular Hbond substituents is 1. The first-order chi connectivity index (χ1) is 8.22. The van der Waals surface area contributed by atoms with Gasteiger partial charge in [0.2, 0.25) is 0 Å². The number of nitrogens with zero attached hydrogens (tertiary/aromatic N) is 2. The van der Waals surface area contributed by atoms with Gasteiger partial charge < -0.3 is 5.11 Å². The molecule has 1 rings (SSSR count). The highest BCUT2D eigenvalue weighted by molar-refractivity contribution is 5.75. The molecular formula is C14H14N2O. The largest absolute Gasteiger partial charge is 0.508 e. The van der Waals surface area contributed by atoms with Gasteiger partial charge in [0, 0.05) is 0 Å². The monoisotopic (exact) mass is 226 g/mol. The van der Waals surface area contributed by atoms with Gasteiger partial charge in [0.05, 0.1) is 0 Å². The van der Waals surface area contributed by atoms with E-state index in [0.29, 0.717) is 6.42 Å². The summed E-state index contributed by atoms with van der Waals surface area (Å²) in [5.41, 5.74) is 1.75. The Bertz CT molecular complexity index is 470. The number of phenols is 1. The Kier molecular flexibility index (Phi) is 4.78. The van der Waals surface area contributed by atoms with Crippen molar-refractivity contribution in [3.05, 3.63) is 35.4 Å². The number of allylic oxidation sites excluding steroid dienone is 2. The van der Waals surface area contributed by atoms with E-state index in [9.17, 15) is 5.11 Å². The molecule has 0 unspecified atom stereocenters. The summed E-state index contributed by atoms with van der Waals surface area (Å²) in [7, 11) is 0. The van der Waals surface area contributed by atoms with Crippen molar-refractivity contribution in [1.29, 1.82) is 10.5 Å². The topological polar surface area (TPSA) is 67.8 Å². The lowest BCUT2D eigenvalue weighted by Crippen LogP contribution is -1.90. The van der Waals surface area contributed by atoms with Crippen molar-refractivity contribution in [2.24, 2.45) is 0 Å². The summed E-state index contributed by atoms with van der Waals surface area (Å²) in [5, 5.41) is 27.1. The molecule has 0 aromatic heterocycles. The van der Waals surface area contributed by atoms with Crippen LogP contribution in [0.4, 0.5) is 0 Å². The zero-order valence-corrected chi connectivity index (χ0v) is 9.77. The van der Waals surface area contributed by atoms with E-state index < -0.39 is 0 Å². The number of hydrogen-bond donors (Lipinski definition) is 1. The fourth-order valence-corrected chi connectivity index (χ4v) is 1.59. The minimum Gasteiger partial charge on any atom is -0.508 e. The van der Waals surface area contributed by atoms with Gasteiger partial charge in [-0.2, -0.15) is 10.5 Å². The molecule has 3 heteroatoms. The molecule has 0 fully saturated rings. The molecule has 1 aromatic rings. The second-order valence-electron chi connectivity index (χ2n) is 3.73. The molecule has 0 saturated heterocycles. The van der Waals surface area contributed by atoms with Crippen LogP contribution in [0.5, 0.6) is 5.75 Å². The maximum atomic E-state index is 9.22. The van der Waals surface area contributed by atoms with Crippen molar-refractivity contribution in [2.75, 3.05) is 0 Å². The van der Waals surface area contributed by atoms with Crippen molar-refractivity contribution in [2.45, 2.75) is 26.2 Å². The van der Waals surface area contributed by atoms with Gasteiger partial charge in [-0.3, -0.25) is 0 Å². The fraction of sp³-hybridized carbons (Fsp3) is 0.286. The quantitative estimate of drug-likeness (QED) is 0.800. The zero-order chi connectivity index (χ0) is 12.7. The number of aromatic hydroxyl groups is 1. The molecule has 0 bridgehead atoms. The molecule has 0 aliphatic rings. The molecule has 0 saturated carbocycles. The van der Waals surface area contributed by atoms with Crippen LogP contribution in [-0.4, -0.2) is 5.11 Å². The third-order valence-corrected chi connectivity index (χ3v) is 2.52. The second kappa shape index (κ2) is 6.35. The summed E-state index contributed by atoms with van der Waals surface area (Å²) in [6, 6.07) is 10.4. The molecule has 0 amide bonds. The van der Waals surface area contributed by atoms with Crippen LogP contribution in [-0.2, 0) is 0 Å². The Morgan fingerprint density at radius 2 is 1.76 bits per heavy atom. The summed E-state index contributed by atoms with van der Waals surface area (Å²) in [6.07, 6.45) is 2.65. The first kappa shape index (κ1) is 12.8. The number of benzene rings is 1. The fourth-order valence-electron chi connectivity index (χ4n) is 1.59. The molecule has 0 radical (unpaired) electrons. The minimum atomic E-state index is 0.157. The second-order valence-corrected chi connectivity index (χ2v) is 3.73. The minimum absolute atomic E-state index is 0.157. The predicted octanol–water partition coefficient (Wildman–Crippen LogP) is 3.38. The summed E-state index contributed by atoms with van der Waals surface area (Å²) in [6.45, 7) is 2.06. The van der Waals surface area contributed by atoms with Crippen molar-refractivity contribution < 1.29 is 5.11 Å². The van der Waals surface area contributed by atoms with Crippen LogP contribution < -0.4 is 0 Å². The van der Waals surface area contributed by atoms with Gasteiger partial charge in [-0.15, -0.1) is 0 Å². The van der Waals surface area contributed by atoms with Crippen molar-refractivity contribution in [1.82, 2.24) is 0 Å². The first-order valence-electron chi connectivity index (χ1n) is 5.55. The van der Waals surface area contributed by atoms with Crippen molar-refractivity contribution in [3.8, 4) is 17.9 Å². The highest BCUT2D eigenvalue weighted by Crippen LogP contribution is 2.25. The average Bonchev–Trinajstić information content (AvgIpc) is 2.36. The molecule has 0 spiro atoms. The van der Waals surface area contributed by atoms with Crippen LogP contribution in [0, 0.1) is 22.7 Å². The van der Waals surface area contributed by atoms with E-state index >= 15 is 0 Å². The van der Waals surface area contributed by atoms with Crippen LogP contribution in [0.1, 0.15) is 31.7 Å². The summed E-state index contributed by atoms with van der Waals surface area (Å²) >= 11 is 0. The van der Waals surface area contributed by atoms with Crippen molar-refractivity contribution in [3.63, 3.8) is 0 Å². The van der Waals surface area contributed by atoms with E-state index in [1.165, 1.54) is 0 Å². The highest BCUT2D eigenvalue weighted by Gasteiger charge is 2.08. The van der Waals surface area contributed by atoms with Gasteiger partial charge >= 0.3 is 0 Å². The maximum Gasteiger partial charge on any atom is 0.133 e. The van der Waals surface area contributed by atoms with Gasteiger partial charge in [-0.25, -0.2) is 0 Å². The lowest BCUT2D eigenvalue weighted by atomic mass is 9.96. The lowest BCUT2D eigenvalue weighted by Gasteiger charge is -2.07. The Labute approximate surface area is 101 Å². The number of unbranched alkanes of at least 4 members (excludes halogenated alkanes) is 1. The van der Waals surface area contributed by atoms with Gasteiger partial charge in [-0.1, -0.05) is 25.5 Å². The SMILES string of the molecule is CCCCC(=C(C#N)C#N)c1ccc(O)cc1. The van der Waals surface area contributed by atoms with Crippen molar-refractivity contribution >= 4 is 5.57 Å². The number of nitriles is 2. The Morgan fingerprint density at radius 1 is 1.18 bits per heavy atom. The molecule has 17 heavy (non-hydrogen) atoms. The lowest BCUT2D eigenvalue weighted by molar-refractivity contribution is 0.475. The van der Waals surface area contributed by atoms with E-state index in [0.717, 1.165) is 24.0 Å². The van der Waals surface area contributed by atoms with E-state index in [4.69, 9.17) is 10.5 Å². The zero-order valence-electron chi connectivity index (χ0n) is 9.77. The summed E-state index contributed by atoms with van der Waals surface area (Å²) < 4.78 is 0. The molecular weight excluding hydrogens is 212 g/mol. The molecule has 3 nitrogen and oxygen atoms in total. The van der Waals surface area contributed by atoms with Crippen LogP contribution >= 0.6 is 0 Å². The predicted molar refractivity (Wildman–Crippen MR) is 65.8 cm³/mol. The van der Waals surface area contributed by atoms with Gasteiger partial charge in [0.1, 0.15) is 23.5 Å². The van der Waals surface area contributed by atoms with Gasteiger partial charge in [0.25, 0.3) is 0 Å². The van der Waals surface area contributed by atoms with Gasteiger partial charge in [0.15, 0.2) is 0 Å². The number of hydrogen-bond acceptors (Lipinski definition) is 3. The van der Waals surface area contributed by atoms with Crippen LogP contribution in [0.25, 0.3) is 5.57 Å². The molecule has 86 valence electrons. The molecule has 1 aromatic carbocycles. The summed E-state index contributed by atoms with van der Waals surface area (Å²) in [4.78, 5) is 0. The van der Waals surface area contributed by atoms with Crippen LogP contribution in [0.2, 0.25) is 0 Å². The molecule has 0 heterocycles. The highest BCUT2D eigenvalue weighted by atomic mass is 16.3. The third kappa shape index (κ3) is 3.36. The first-order valence-corrected chi connectivity index (χ1v) is 5.55. The number of rotatable bonds is 4. The Balaban J connectivity index is 3.16. The smallest absolute Gasteiger partial charge is 0.133 e. The van der Waals surface area contributed by atoms with Crippen LogP contribution in [0.15, 0.2) is 29.8 Å². The Morgan fingerprint density at radius 3 is 2.24 bits per heavy atom. The standard InChI is InChI=1S/C14H14N2O/c1-2-3-4-14(12(9-15)10-16)11-5-7-13(17)8-6-11/h5-8,17H,2-4H2,1H3. The van der Waals surface area contributed by atoms with E-state index in [-0.39, 0.29) is 11.3 Å². The Hall–Kier alpha value is -2.26.